The fourth-order valence-corrected chi connectivity index (χ4v) is 3.54. The van der Waals surface area contributed by atoms with Crippen molar-refractivity contribution in [1.29, 1.82) is 0 Å². The Kier molecular flexibility index (Phi) is 5.27. The predicted octanol–water partition coefficient (Wildman–Crippen LogP) is 2.80. The summed E-state index contributed by atoms with van der Waals surface area (Å²) in [4.78, 5) is 13.6. The number of hydrogen-bond donors (Lipinski definition) is 1. The first-order valence-corrected chi connectivity index (χ1v) is 8.08. The number of aliphatic carboxylic acids is 1. The minimum Gasteiger partial charge on any atom is -0.480 e. The zero-order valence-electron chi connectivity index (χ0n) is 13.0. The number of halogens is 1. The first kappa shape index (κ1) is 16.3. The van der Waals surface area contributed by atoms with E-state index in [4.69, 9.17) is 11.6 Å². The van der Waals surface area contributed by atoms with Crippen LogP contribution >= 0.6 is 11.6 Å². The maximum absolute atomic E-state index is 11.6. The number of carboxylic acids is 1. The van der Waals surface area contributed by atoms with Crippen LogP contribution in [0.4, 0.5) is 0 Å². The maximum Gasteiger partial charge on any atom is 0.321 e. The first-order valence-electron chi connectivity index (χ1n) is 7.70. The lowest BCUT2D eigenvalue weighted by atomic mass is 9.90. The van der Waals surface area contributed by atoms with Gasteiger partial charge in [-0.2, -0.15) is 5.10 Å². The molecule has 0 saturated carbocycles. The number of nitrogens with zero attached hydrogens (tertiary/aromatic N) is 3. The highest BCUT2D eigenvalue weighted by molar-refractivity contribution is 6.31. The Balaban J connectivity index is 2.27. The van der Waals surface area contributed by atoms with Crippen molar-refractivity contribution in [3.8, 4) is 0 Å². The number of rotatable bonds is 5. The zero-order chi connectivity index (χ0) is 15.6. The summed E-state index contributed by atoms with van der Waals surface area (Å²) in [6.45, 7) is 8.17. The normalized spacial score (nSPS) is 23.4. The van der Waals surface area contributed by atoms with Gasteiger partial charge in [0.25, 0.3) is 0 Å². The molecule has 21 heavy (non-hydrogen) atoms. The SMILES string of the molecule is CCc1nn(CC)c(CN2CCCC(C)C2C(=O)O)c1Cl. The molecule has 0 amide bonds. The third kappa shape index (κ3) is 3.24. The molecule has 0 bridgehead atoms. The molecule has 5 nitrogen and oxygen atoms in total. The van der Waals surface area contributed by atoms with Crippen LogP contribution in [0, 0.1) is 5.92 Å². The van der Waals surface area contributed by atoms with Gasteiger partial charge < -0.3 is 5.11 Å². The molecule has 0 radical (unpaired) electrons. The van der Waals surface area contributed by atoms with Gasteiger partial charge in [-0.25, -0.2) is 0 Å². The van der Waals surface area contributed by atoms with Crippen LogP contribution in [0.1, 0.15) is 45.0 Å². The van der Waals surface area contributed by atoms with Crippen LogP contribution in [-0.2, 0) is 24.3 Å². The van der Waals surface area contributed by atoms with Crippen LogP contribution in [-0.4, -0.2) is 38.3 Å². The Hall–Kier alpha value is -1.07. The van der Waals surface area contributed by atoms with Crippen molar-refractivity contribution < 1.29 is 9.90 Å². The molecule has 2 atom stereocenters. The van der Waals surface area contributed by atoms with Gasteiger partial charge in [0.2, 0.25) is 0 Å². The fraction of sp³-hybridized carbons (Fsp3) is 0.733. The molecular formula is C15H24ClN3O2. The molecule has 0 spiro atoms. The van der Waals surface area contributed by atoms with E-state index in [0.29, 0.717) is 11.6 Å². The molecule has 1 aliphatic rings. The van der Waals surface area contributed by atoms with E-state index in [1.165, 1.54) is 0 Å². The summed E-state index contributed by atoms with van der Waals surface area (Å²) in [6, 6.07) is -0.430. The molecule has 1 fully saturated rings. The lowest BCUT2D eigenvalue weighted by Gasteiger charge is -2.37. The monoisotopic (exact) mass is 313 g/mol. The first-order chi connectivity index (χ1) is 9.99. The molecule has 6 heteroatoms. The van der Waals surface area contributed by atoms with E-state index in [-0.39, 0.29) is 5.92 Å². The minimum atomic E-state index is -0.739. The van der Waals surface area contributed by atoms with Crippen LogP contribution in [0.15, 0.2) is 0 Å². The highest BCUT2D eigenvalue weighted by Gasteiger charge is 2.35. The number of likely N-dealkylation sites (tertiary alicyclic amines) is 1. The summed E-state index contributed by atoms with van der Waals surface area (Å²) in [5, 5.41) is 14.7. The molecule has 1 N–H and O–H groups in total. The largest absolute Gasteiger partial charge is 0.480 e. The molecule has 2 heterocycles. The second-order valence-electron chi connectivity index (χ2n) is 5.75. The number of carbonyl (C=O) groups is 1. The Bertz CT molecular complexity index is 515. The Labute approximate surface area is 130 Å². The molecule has 1 aromatic heterocycles. The number of hydrogen-bond acceptors (Lipinski definition) is 3. The maximum atomic E-state index is 11.6. The number of piperidine rings is 1. The molecule has 0 aromatic carbocycles. The van der Waals surface area contributed by atoms with Crippen LogP contribution < -0.4 is 0 Å². The summed E-state index contributed by atoms with van der Waals surface area (Å²) in [7, 11) is 0. The molecule has 1 aliphatic heterocycles. The summed E-state index contributed by atoms with van der Waals surface area (Å²) in [5.41, 5.74) is 1.84. The quantitative estimate of drug-likeness (QED) is 0.908. The third-order valence-electron chi connectivity index (χ3n) is 4.34. The van der Waals surface area contributed by atoms with Crippen molar-refractivity contribution in [1.82, 2.24) is 14.7 Å². The van der Waals surface area contributed by atoms with E-state index < -0.39 is 12.0 Å². The van der Waals surface area contributed by atoms with Gasteiger partial charge in [-0.05, 0) is 38.6 Å². The molecular weight excluding hydrogens is 290 g/mol. The highest BCUT2D eigenvalue weighted by atomic mass is 35.5. The smallest absolute Gasteiger partial charge is 0.321 e. The van der Waals surface area contributed by atoms with Gasteiger partial charge in [-0.3, -0.25) is 14.4 Å². The minimum absolute atomic E-state index is 0.165. The number of aromatic nitrogens is 2. The van der Waals surface area contributed by atoms with Crippen molar-refractivity contribution in [2.75, 3.05) is 6.54 Å². The predicted molar refractivity (Wildman–Crippen MR) is 82.5 cm³/mol. The highest BCUT2D eigenvalue weighted by Crippen LogP contribution is 2.28. The van der Waals surface area contributed by atoms with Gasteiger partial charge in [0.05, 0.1) is 16.4 Å². The Morgan fingerprint density at radius 1 is 1.48 bits per heavy atom. The summed E-state index contributed by atoms with van der Waals surface area (Å²) >= 11 is 6.43. The second kappa shape index (κ2) is 6.79. The third-order valence-corrected chi connectivity index (χ3v) is 4.77. The van der Waals surface area contributed by atoms with E-state index in [9.17, 15) is 9.90 Å². The van der Waals surface area contributed by atoms with Gasteiger partial charge in [0.1, 0.15) is 6.04 Å². The van der Waals surface area contributed by atoms with Gasteiger partial charge in [-0.15, -0.1) is 0 Å². The molecule has 1 aromatic rings. The van der Waals surface area contributed by atoms with Gasteiger partial charge in [0, 0.05) is 13.1 Å². The van der Waals surface area contributed by atoms with Crippen LogP contribution in [0.3, 0.4) is 0 Å². The van der Waals surface area contributed by atoms with Crippen molar-refractivity contribution in [3.63, 3.8) is 0 Å². The van der Waals surface area contributed by atoms with Crippen LogP contribution in [0.25, 0.3) is 0 Å². The Morgan fingerprint density at radius 2 is 2.19 bits per heavy atom. The lowest BCUT2D eigenvalue weighted by Crippen LogP contribution is -2.48. The molecule has 2 unspecified atom stereocenters. The molecule has 2 rings (SSSR count). The van der Waals surface area contributed by atoms with Crippen molar-refractivity contribution in [2.45, 2.75) is 59.2 Å². The van der Waals surface area contributed by atoms with Crippen LogP contribution in [0.5, 0.6) is 0 Å². The lowest BCUT2D eigenvalue weighted by molar-refractivity contribution is -0.147. The van der Waals surface area contributed by atoms with E-state index in [1.54, 1.807) is 0 Å². The summed E-state index contributed by atoms with van der Waals surface area (Å²) < 4.78 is 1.90. The van der Waals surface area contributed by atoms with Gasteiger partial charge in [-0.1, -0.05) is 25.4 Å². The standard InChI is InChI=1S/C15H24ClN3O2/c1-4-11-13(16)12(19(5-2)17-11)9-18-8-6-7-10(3)14(18)15(20)21/h10,14H,4-9H2,1-3H3,(H,20,21). The summed E-state index contributed by atoms with van der Waals surface area (Å²) in [5.74, 6) is -0.574. The number of carboxylic acid groups (broad SMARTS) is 1. The van der Waals surface area contributed by atoms with Gasteiger partial charge in [0.15, 0.2) is 0 Å². The zero-order valence-corrected chi connectivity index (χ0v) is 13.7. The second-order valence-corrected chi connectivity index (χ2v) is 6.13. The fourth-order valence-electron chi connectivity index (χ4n) is 3.21. The van der Waals surface area contributed by atoms with Crippen LogP contribution in [0.2, 0.25) is 5.02 Å². The van der Waals surface area contributed by atoms with Crippen molar-refractivity contribution in [3.05, 3.63) is 16.4 Å². The Morgan fingerprint density at radius 3 is 2.76 bits per heavy atom. The average Bonchev–Trinajstić information content (AvgIpc) is 2.75. The van der Waals surface area contributed by atoms with E-state index in [2.05, 4.69) is 5.10 Å². The molecule has 0 aliphatic carbocycles. The summed E-state index contributed by atoms with van der Waals surface area (Å²) in [6.07, 6.45) is 2.79. The van der Waals surface area contributed by atoms with Crippen molar-refractivity contribution in [2.24, 2.45) is 5.92 Å². The van der Waals surface area contributed by atoms with E-state index in [0.717, 1.165) is 43.7 Å². The molecule has 118 valence electrons. The van der Waals surface area contributed by atoms with Crippen molar-refractivity contribution >= 4 is 17.6 Å². The molecule has 1 saturated heterocycles. The number of aryl methyl sites for hydroxylation is 2. The average molecular weight is 314 g/mol. The van der Waals surface area contributed by atoms with E-state index in [1.807, 2.05) is 30.4 Å². The van der Waals surface area contributed by atoms with Gasteiger partial charge >= 0.3 is 5.97 Å². The van der Waals surface area contributed by atoms with E-state index >= 15 is 0 Å². The topological polar surface area (TPSA) is 58.4 Å².